The fourth-order valence-corrected chi connectivity index (χ4v) is 0.578. The second-order valence-electron chi connectivity index (χ2n) is 2.03. The van der Waals surface area contributed by atoms with Gasteiger partial charge in [0.1, 0.15) is 11.6 Å². The molecule has 1 radical (unpaired) electrons. The Bertz CT molecular complexity index is 116. The highest BCUT2D eigenvalue weighted by molar-refractivity contribution is 5.98. The number of hydrogen-bond acceptors (Lipinski definition) is 2. The molecular formula is C7H11O2. The van der Waals surface area contributed by atoms with Crippen molar-refractivity contribution >= 4 is 11.6 Å². The lowest BCUT2D eigenvalue weighted by Gasteiger charge is -1.91. The van der Waals surface area contributed by atoms with E-state index in [1.54, 1.807) is 13.3 Å². The summed E-state index contributed by atoms with van der Waals surface area (Å²) < 4.78 is 0. The molecule has 2 nitrogen and oxygen atoms in total. The fourth-order valence-electron chi connectivity index (χ4n) is 0.578. The van der Waals surface area contributed by atoms with Crippen molar-refractivity contribution in [3.63, 3.8) is 0 Å². The molecule has 0 saturated carbocycles. The number of carbonyl (C=O) groups excluding carboxylic acids is 2. The van der Waals surface area contributed by atoms with E-state index < -0.39 is 0 Å². The maximum atomic E-state index is 10.6. The predicted octanol–water partition coefficient (Wildman–Crippen LogP) is 1.15. The largest absolute Gasteiger partial charge is 0.300 e. The Morgan fingerprint density at radius 2 is 2.00 bits per heavy atom. The van der Waals surface area contributed by atoms with Crippen molar-refractivity contribution in [3.05, 3.63) is 6.42 Å². The topological polar surface area (TPSA) is 34.1 Å². The highest BCUT2D eigenvalue weighted by Crippen LogP contribution is 1.92. The molecule has 0 aliphatic rings. The molecule has 0 unspecified atom stereocenters. The van der Waals surface area contributed by atoms with Crippen LogP contribution in [0.1, 0.15) is 26.7 Å². The molecule has 0 aliphatic heterocycles. The van der Waals surface area contributed by atoms with E-state index in [4.69, 9.17) is 0 Å². The zero-order valence-electron chi connectivity index (χ0n) is 5.81. The van der Waals surface area contributed by atoms with Gasteiger partial charge in [-0.05, 0) is 13.3 Å². The van der Waals surface area contributed by atoms with Gasteiger partial charge in [0.25, 0.3) is 0 Å². The molecule has 0 saturated heterocycles. The van der Waals surface area contributed by atoms with Crippen LogP contribution in [-0.2, 0) is 9.59 Å². The molecule has 51 valence electrons. The average molecular weight is 127 g/mol. The van der Waals surface area contributed by atoms with Crippen LogP contribution in [0.3, 0.4) is 0 Å². The van der Waals surface area contributed by atoms with Crippen LogP contribution in [0, 0.1) is 6.42 Å². The molecule has 0 bridgehead atoms. The van der Waals surface area contributed by atoms with Gasteiger partial charge in [0.05, 0.1) is 6.42 Å². The first-order valence-electron chi connectivity index (χ1n) is 2.95. The van der Waals surface area contributed by atoms with Gasteiger partial charge >= 0.3 is 0 Å². The van der Waals surface area contributed by atoms with Gasteiger partial charge in [-0.2, -0.15) is 0 Å². The Morgan fingerprint density at radius 3 is 2.33 bits per heavy atom. The molecule has 0 amide bonds. The number of hydrogen-bond donors (Lipinski definition) is 0. The molecule has 0 atom stereocenters. The van der Waals surface area contributed by atoms with Crippen LogP contribution in [0.2, 0.25) is 0 Å². The lowest BCUT2D eigenvalue weighted by Crippen LogP contribution is -2.02. The monoisotopic (exact) mass is 127 g/mol. The van der Waals surface area contributed by atoms with E-state index in [1.165, 1.54) is 6.92 Å². The van der Waals surface area contributed by atoms with Crippen molar-refractivity contribution in [1.29, 1.82) is 0 Å². The Labute approximate surface area is 55.3 Å². The normalized spacial score (nSPS) is 9.11. The number of ketones is 2. The Morgan fingerprint density at radius 1 is 1.44 bits per heavy atom. The summed E-state index contributed by atoms with van der Waals surface area (Å²) in [6.45, 7) is 3.23. The number of rotatable bonds is 4. The van der Waals surface area contributed by atoms with Crippen LogP contribution in [0.25, 0.3) is 0 Å². The van der Waals surface area contributed by atoms with Gasteiger partial charge in [0, 0.05) is 6.42 Å². The minimum absolute atomic E-state index is 0.00463. The van der Waals surface area contributed by atoms with E-state index in [-0.39, 0.29) is 18.0 Å². The minimum Gasteiger partial charge on any atom is -0.300 e. The first kappa shape index (κ1) is 8.34. The molecule has 2 heteroatoms. The lowest BCUT2D eigenvalue weighted by atomic mass is 10.1. The SMILES string of the molecule is C[CH]CC(=O)CC(C)=O. The highest BCUT2D eigenvalue weighted by atomic mass is 16.1. The van der Waals surface area contributed by atoms with Gasteiger partial charge in [-0.1, -0.05) is 6.92 Å². The summed E-state index contributed by atoms with van der Waals surface area (Å²) in [5.74, 6) is -0.0492. The Balaban J connectivity index is 3.39. The molecule has 0 aromatic heterocycles. The van der Waals surface area contributed by atoms with E-state index in [1.807, 2.05) is 0 Å². The van der Waals surface area contributed by atoms with Crippen LogP contribution in [0.15, 0.2) is 0 Å². The zero-order chi connectivity index (χ0) is 7.28. The summed E-state index contributed by atoms with van der Waals surface area (Å²) in [5.41, 5.74) is 0. The second-order valence-corrected chi connectivity index (χ2v) is 2.03. The van der Waals surface area contributed by atoms with Crippen LogP contribution < -0.4 is 0 Å². The zero-order valence-corrected chi connectivity index (χ0v) is 5.81. The van der Waals surface area contributed by atoms with E-state index in [0.717, 1.165) is 0 Å². The van der Waals surface area contributed by atoms with E-state index in [9.17, 15) is 9.59 Å². The summed E-state index contributed by atoms with van der Waals surface area (Å²) in [4.78, 5) is 20.9. The van der Waals surface area contributed by atoms with Crippen molar-refractivity contribution in [2.75, 3.05) is 0 Å². The van der Waals surface area contributed by atoms with Crippen molar-refractivity contribution in [3.8, 4) is 0 Å². The molecule has 0 N–H and O–H groups in total. The first-order chi connectivity index (χ1) is 4.16. The molecule has 0 aromatic rings. The summed E-state index contributed by atoms with van der Waals surface area (Å²) in [6.07, 6.45) is 2.26. The van der Waals surface area contributed by atoms with Gasteiger partial charge in [-0.3, -0.25) is 9.59 Å². The van der Waals surface area contributed by atoms with Gasteiger partial charge < -0.3 is 0 Å². The van der Waals surface area contributed by atoms with Gasteiger partial charge in [0.15, 0.2) is 0 Å². The van der Waals surface area contributed by atoms with E-state index in [2.05, 4.69) is 0 Å². The number of Topliss-reactive ketones (excluding diaryl/α,β-unsaturated/α-hetero) is 2. The average Bonchev–Trinajstić information content (AvgIpc) is 1.63. The third-order valence-corrected chi connectivity index (χ3v) is 0.878. The minimum atomic E-state index is -0.0538. The standard InChI is InChI=1S/C7H11O2/c1-3-4-7(9)5-6(2)8/h3H,4-5H2,1-2H3. The first-order valence-corrected chi connectivity index (χ1v) is 2.95. The van der Waals surface area contributed by atoms with Crippen molar-refractivity contribution in [2.24, 2.45) is 0 Å². The van der Waals surface area contributed by atoms with Crippen molar-refractivity contribution in [2.45, 2.75) is 26.7 Å². The molecular weight excluding hydrogens is 116 g/mol. The quantitative estimate of drug-likeness (QED) is 0.531. The maximum absolute atomic E-state index is 10.6. The molecule has 9 heavy (non-hydrogen) atoms. The van der Waals surface area contributed by atoms with E-state index in [0.29, 0.717) is 6.42 Å². The molecule has 0 aromatic carbocycles. The summed E-state index contributed by atoms with van der Waals surface area (Å²) >= 11 is 0. The summed E-state index contributed by atoms with van der Waals surface area (Å²) in [5, 5.41) is 0. The van der Waals surface area contributed by atoms with Crippen LogP contribution in [0.4, 0.5) is 0 Å². The third-order valence-electron chi connectivity index (χ3n) is 0.878. The molecule has 0 rings (SSSR count). The highest BCUT2D eigenvalue weighted by Gasteiger charge is 2.02. The smallest absolute Gasteiger partial charge is 0.140 e. The molecule has 0 spiro atoms. The third kappa shape index (κ3) is 5.21. The van der Waals surface area contributed by atoms with E-state index >= 15 is 0 Å². The molecule has 0 fully saturated rings. The Kier molecular flexibility index (Phi) is 3.93. The predicted molar refractivity (Wildman–Crippen MR) is 34.9 cm³/mol. The van der Waals surface area contributed by atoms with Gasteiger partial charge in [-0.15, -0.1) is 0 Å². The summed E-state index contributed by atoms with van der Waals surface area (Å²) in [7, 11) is 0. The Hall–Kier alpha value is -0.660. The second kappa shape index (κ2) is 4.24. The van der Waals surface area contributed by atoms with Gasteiger partial charge in [-0.25, -0.2) is 0 Å². The number of carbonyl (C=O) groups is 2. The van der Waals surface area contributed by atoms with Crippen LogP contribution in [-0.4, -0.2) is 11.6 Å². The molecule has 0 heterocycles. The molecule has 0 aliphatic carbocycles. The van der Waals surface area contributed by atoms with Crippen molar-refractivity contribution in [1.82, 2.24) is 0 Å². The maximum Gasteiger partial charge on any atom is 0.140 e. The van der Waals surface area contributed by atoms with Crippen LogP contribution >= 0.6 is 0 Å². The van der Waals surface area contributed by atoms with Crippen molar-refractivity contribution < 1.29 is 9.59 Å². The lowest BCUT2D eigenvalue weighted by molar-refractivity contribution is -0.125. The fraction of sp³-hybridized carbons (Fsp3) is 0.571. The van der Waals surface area contributed by atoms with Gasteiger partial charge in [0.2, 0.25) is 0 Å². The summed E-state index contributed by atoms with van der Waals surface area (Å²) in [6, 6.07) is 0. The van der Waals surface area contributed by atoms with Crippen LogP contribution in [0.5, 0.6) is 0 Å².